The summed E-state index contributed by atoms with van der Waals surface area (Å²) in [7, 11) is 0. The Hall–Kier alpha value is -1.64. The summed E-state index contributed by atoms with van der Waals surface area (Å²) in [5.74, 6) is -0.614. The highest BCUT2D eigenvalue weighted by atomic mass is 16.4. The van der Waals surface area contributed by atoms with Gasteiger partial charge in [-0.25, -0.2) is 0 Å². The summed E-state index contributed by atoms with van der Waals surface area (Å²) < 4.78 is 0. The largest absolute Gasteiger partial charge is 0.481 e. The van der Waals surface area contributed by atoms with Crippen molar-refractivity contribution in [1.29, 1.82) is 0 Å². The van der Waals surface area contributed by atoms with Gasteiger partial charge in [-0.1, -0.05) is 36.2 Å². The van der Waals surface area contributed by atoms with E-state index in [1.807, 2.05) is 31.2 Å². The van der Waals surface area contributed by atoms with Crippen LogP contribution in [-0.2, 0) is 4.79 Å². The van der Waals surface area contributed by atoms with Crippen molar-refractivity contribution < 1.29 is 14.7 Å². The Kier molecular flexibility index (Phi) is 4.35. The molecule has 1 aliphatic rings. The maximum Gasteiger partial charge on any atom is 0.306 e. The predicted molar refractivity (Wildman–Crippen MR) is 73.2 cm³/mol. The average Bonchev–Trinajstić information content (AvgIpc) is 2.39. The van der Waals surface area contributed by atoms with Gasteiger partial charge in [-0.3, -0.25) is 9.59 Å². The monoisotopic (exact) mass is 260 g/mol. The standard InChI is InChI=1S/C16H20O3/c1-11-5-7-13(8-6-11)15(17)10-12-3-2-4-14(9-12)16(18)19/h5-8,12,14H,2-4,9-10H2,1H3,(H,18,19)/t12-,14+/m1/s1. The van der Waals surface area contributed by atoms with Gasteiger partial charge in [0.2, 0.25) is 0 Å². The Morgan fingerprint density at radius 1 is 1.21 bits per heavy atom. The number of Topliss-reactive ketones (excluding diaryl/α,β-unsaturated/α-hetero) is 1. The lowest BCUT2D eigenvalue weighted by atomic mass is 9.78. The van der Waals surface area contributed by atoms with Crippen LogP contribution in [0.25, 0.3) is 0 Å². The first-order valence-electron chi connectivity index (χ1n) is 6.89. The van der Waals surface area contributed by atoms with Gasteiger partial charge in [0.15, 0.2) is 5.78 Å². The molecule has 0 amide bonds. The number of carbonyl (C=O) groups is 2. The van der Waals surface area contributed by atoms with Crippen LogP contribution in [0.3, 0.4) is 0 Å². The van der Waals surface area contributed by atoms with E-state index in [1.165, 1.54) is 0 Å². The Morgan fingerprint density at radius 2 is 1.89 bits per heavy atom. The van der Waals surface area contributed by atoms with Gasteiger partial charge < -0.3 is 5.11 Å². The Balaban J connectivity index is 1.95. The molecule has 0 saturated heterocycles. The van der Waals surface area contributed by atoms with Crippen LogP contribution < -0.4 is 0 Å². The Bertz CT molecular complexity index is 461. The van der Waals surface area contributed by atoms with E-state index in [9.17, 15) is 9.59 Å². The number of rotatable bonds is 4. The molecule has 0 heterocycles. The molecule has 2 rings (SSSR count). The average molecular weight is 260 g/mol. The van der Waals surface area contributed by atoms with Gasteiger partial charge in [-0.2, -0.15) is 0 Å². The van der Waals surface area contributed by atoms with Crippen LogP contribution >= 0.6 is 0 Å². The maximum absolute atomic E-state index is 12.2. The molecule has 3 nitrogen and oxygen atoms in total. The van der Waals surface area contributed by atoms with Crippen molar-refractivity contribution in [2.75, 3.05) is 0 Å². The van der Waals surface area contributed by atoms with Gasteiger partial charge in [-0.05, 0) is 32.1 Å². The number of benzene rings is 1. The number of aryl methyl sites for hydroxylation is 1. The molecular formula is C16H20O3. The highest BCUT2D eigenvalue weighted by molar-refractivity contribution is 5.96. The molecule has 2 atom stereocenters. The van der Waals surface area contributed by atoms with E-state index in [0.29, 0.717) is 12.8 Å². The van der Waals surface area contributed by atoms with Crippen molar-refractivity contribution in [1.82, 2.24) is 0 Å². The van der Waals surface area contributed by atoms with Gasteiger partial charge in [0.05, 0.1) is 5.92 Å². The van der Waals surface area contributed by atoms with Gasteiger partial charge in [-0.15, -0.1) is 0 Å². The first-order valence-corrected chi connectivity index (χ1v) is 6.89. The number of carbonyl (C=O) groups excluding carboxylic acids is 1. The van der Waals surface area contributed by atoms with Gasteiger partial charge in [0.1, 0.15) is 0 Å². The van der Waals surface area contributed by atoms with Crippen molar-refractivity contribution in [2.24, 2.45) is 11.8 Å². The first kappa shape index (κ1) is 13.8. The van der Waals surface area contributed by atoms with E-state index in [4.69, 9.17) is 5.11 Å². The van der Waals surface area contributed by atoms with Crippen LogP contribution in [0.2, 0.25) is 0 Å². The third-order valence-electron chi connectivity index (χ3n) is 3.98. The number of aliphatic carboxylic acids is 1. The molecule has 19 heavy (non-hydrogen) atoms. The van der Waals surface area contributed by atoms with Gasteiger partial charge in [0, 0.05) is 12.0 Å². The van der Waals surface area contributed by atoms with Crippen molar-refractivity contribution in [3.63, 3.8) is 0 Å². The summed E-state index contributed by atoms with van der Waals surface area (Å²) in [6.45, 7) is 1.99. The number of hydrogen-bond acceptors (Lipinski definition) is 2. The smallest absolute Gasteiger partial charge is 0.306 e. The molecule has 102 valence electrons. The van der Waals surface area contributed by atoms with Crippen molar-refractivity contribution in [3.8, 4) is 0 Å². The molecule has 0 unspecified atom stereocenters. The Labute approximate surface area is 113 Å². The lowest BCUT2D eigenvalue weighted by Crippen LogP contribution is -2.24. The fraction of sp³-hybridized carbons (Fsp3) is 0.500. The van der Waals surface area contributed by atoms with Crippen LogP contribution in [0, 0.1) is 18.8 Å². The predicted octanol–water partition coefficient (Wildman–Crippen LogP) is 3.46. The zero-order chi connectivity index (χ0) is 13.8. The zero-order valence-electron chi connectivity index (χ0n) is 11.3. The maximum atomic E-state index is 12.2. The SMILES string of the molecule is Cc1ccc(C(=O)C[C@@H]2CCC[C@H](C(=O)O)C2)cc1. The van der Waals surface area contributed by atoms with E-state index in [-0.39, 0.29) is 17.6 Å². The summed E-state index contributed by atoms with van der Waals surface area (Å²) in [6.07, 6.45) is 3.77. The minimum Gasteiger partial charge on any atom is -0.481 e. The van der Waals surface area contributed by atoms with Crippen molar-refractivity contribution in [3.05, 3.63) is 35.4 Å². The lowest BCUT2D eigenvalue weighted by molar-refractivity contribution is -0.143. The minimum atomic E-state index is -0.715. The summed E-state index contributed by atoms with van der Waals surface area (Å²) in [6, 6.07) is 7.59. The lowest BCUT2D eigenvalue weighted by Gasteiger charge is -2.26. The van der Waals surface area contributed by atoms with Gasteiger partial charge in [0.25, 0.3) is 0 Å². The summed E-state index contributed by atoms with van der Waals surface area (Å²) in [4.78, 5) is 23.2. The fourth-order valence-electron chi connectivity index (χ4n) is 2.82. The molecule has 3 heteroatoms. The molecular weight excluding hydrogens is 240 g/mol. The van der Waals surface area contributed by atoms with Crippen LogP contribution in [0.5, 0.6) is 0 Å². The number of hydrogen-bond donors (Lipinski definition) is 1. The highest BCUT2D eigenvalue weighted by Gasteiger charge is 2.28. The number of carboxylic acids is 1. The third kappa shape index (κ3) is 3.66. The van der Waals surface area contributed by atoms with Crippen molar-refractivity contribution >= 4 is 11.8 Å². The van der Waals surface area contributed by atoms with E-state index < -0.39 is 5.97 Å². The molecule has 1 fully saturated rings. The zero-order valence-corrected chi connectivity index (χ0v) is 11.3. The third-order valence-corrected chi connectivity index (χ3v) is 3.98. The summed E-state index contributed by atoms with van der Waals surface area (Å²) >= 11 is 0. The second kappa shape index (κ2) is 6.00. The topological polar surface area (TPSA) is 54.4 Å². The van der Waals surface area contributed by atoms with Crippen LogP contribution in [-0.4, -0.2) is 16.9 Å². The van der Waals surface area contributed by atoms with E-state index in [0.717, 1.165) is 30.4 Å². The molecule has 1 saturated carbocycles. The van der Waals surface area contributed by atoms with Crippen molar-refractivity contribution in [2.45, 2.75) is 39.0 Å². The van der Waals surface area contributed by atoms with E-state index in [1.54, 1.807) is 0 Å². The second-order valence-electron chi connectivity index (χ2n) is 5.56. The van der Waals surface area contributed by atoms with E-state index >= 15 is 0 Å². The fourth-order valence-corrected chi connectivity index (χ4v) is 2.82. The molecule has 1 N–H and O–H groups in total. The molecule has 1 aromatic carbocycles. The van der Waals surface area contributed by atoms with Crippen LogP contribution in [0.1, 0.15) is 48.0 Å². The quantitative estimate of drug-likeness (QED) is 0.843. The molecule has 0 spiro atoms. The highest BCUT2D eigenvalue weighted by Crippen LogP contribution is 2.32. The number of ketones is 1. The minimum absolute atomic E-state index is 0.135. The molecule has 0 aromatic heterocycles. The molecule has 0 radical (unpaired) electrons. The Morgan fingerprint density at radius 3 is 2.53 bits per heavy atom. The molecule has 1 aliphatic carbocycles. The van der Waals surface area contributed by atoms with E-state index in [2.05, 4.69) is 0 Å². The molecule has 0 aliphatic heterocycles. The normalized spacial score (nSPS) is 23.0. The van der Waals surface area contributed by atoms with Crippen LogP contribution in [0.15, 0.2) is 24.3 Å². The second-order valence-corrected chi connectivity index (χ2v) is 5.56. The molecule has 1 aromatic rings. The summed E-state index contributed by atoms with van der Waals surface area (Å²) in [5, 5.41) is 9.05. The summed E-state index contributed by atoms with van der Waals surface area (Å²) in [5.41, 5.74) is 1.88. The van der Waals surface area contributed by atoms with Gasteiger partial charge >= 0.3 is 5.97 Å². The number of carboxylic acid groups (broad SMARTS) is 1. The molecule has 0 bridgehead atoms. The first-order chi connectivity index (χ1) is 9.06. The van der Waals surface area contributed by atoms with Crippen LogP contribution in [0.4, 0.5) is 0 Å².